The molecule has 0 radical (unpaired) electrons. The maximum absolute atomic E-state index is 11.7. The highest BCUT2D eigenvalue weighted by atomic mass is 16.5. The van der Waals surface area contributed by atoms with Crippen LogP contribution in [0, 0.1) is 5.41 Å². The summed E-state index contributed by atoms with van der Waals surface area (Å²) in [6.45, 7) is 0. The Morgan fingerprint density at radius 1 is 1.00 bits per heavy atom. The Kier molecular flexibility index (Phi) is 2.71. The van der Waals surface area contributed by atoms with Gasteiger partial charge in [0.1, 0.15) is 0 Å². The monoisotopic (exact) mass is 232 g/mol. The Hall–Kier alpha value is -2.10. The van der Waals surface area contributed by atoms with E-state index in [4.69, 9.17) is 0 Å². The summed E-state index contributed by atoms with van der Waals surface area (Å²) >= 11 is 0. The van der Waals surface area contributed by atoms with Crippen molar-refractivity contribution >= 4 is 17.5 Å². The summed E-state index contributed by atoms with van der Waals surface area (Å²) in [5.41, 5.74) is 0.116. The van der Waals surface area contributed by atoms with Gasteiger partial charge in [0.2, 0.25) is 5.41 Å². The van der Waals surface area contributed by atoms with Gasteiger partial charge in [-0.25, -0.2) is 0 Å². The lowest BCUT2D eigenvalue weighted by atomic mass is 9.96. The molecule has 0 aliphatic heterocycles. The summed E-state index contributed by atoms with van der Waals surface area (Å²) in [5.74, 6) is -1.22. The van der Waals surface area contributed by atoms with Gasteiger partial charge in [0.05, 0.1) is 14.2 Å². The normalized spacial score (nSPS) is 15.8. The van der Waals surface area contributed by atoms with Crippen LogP contribution in [0.1, 0.15) is 5.56 Å². The van der Waals surface area contributed by atoms with Crippen molar-refractivity contribution in [2.24, 2.45) is 5.41 Å². The third-order valence-corrected chi connectivity index (χ3v) is 2.80. The Bertz CT molecular complexity index is 471. The summed E-state index contributed by atoms with van der Waals surface area (Å²) in [5, 5.41) is 0. The number of hydrogen-bond donors (Lipinski definition) is 0. The van der Waals surface area contributed by atoms with Crippen LogP contribution in [-0.2, 0) is 19.1 Å². The molecule has 0 amide bonds. The zero-order chi connectivity index (χ0) is 12.5. The van der Waals surface area contributed by atoms with Crippen LogP contribution >= 0.6 is 0 Å². The van der Waals surface area contributed by atoms with Crippen LogP contribution in [0.3, 0.4) is 0 Å². The van der Waals surface area contributed by atoms with Crippen molar-refractivity contribution in [2.45, 2.75) is 0 Å². The number of esters is 2. The van der Waals surface area contributed by atoms with Crippen molar-refractivity contribution in [3.8, 4) is 0 Å². The highest BCUT2D eigenvalue weighted by Crippen LogP contribution is 2.52. The smallest absolute Gasteiger partial charge is 0.331 e. The number of rotatable bonds is 3. The molecule has 0 fully saturated rings. The lowest BCUT2D eigenvalue weighted by Crippen LogP contribution is -2.31. The molecule has 1 aliphatic rings. The van der Waals surface area contributed by atoms with Gasteiger partial charge in [0.25, 0.3) is 0 Å². The summed E-state index contributed by atoms with van der Waals surface area (Å²) in [6.07, 6.45) is 1.57. The number of hydrogen-bond acceptors (Lipinski definition) is 4. The van der Waals surface area contributed by atoms with Crippen LogP contribution in [0.25, 0.3) is 5.57 Å². The first-order valence-corrected chi connectivity index (χ1v) is 5.12. The molecule has 0 saturated carbocycles. The lowest BCUT2D eigenvalue weighted by molar-refractivity contribution is -0.158. The molecule has 0 unspecified atom stereocenters. The minimum Gasteiger partial charge on any atom is -0.468 e. The van der Waals surface area contributed by atoms with E-state index >= 15 is 0 Å². The molecule has 0 heterocycles. The zero-order valence-corrected chi connectivity index (χ0v) is 9.60. The van der Waals surface area contributed by atoms with Gasteiger partial charge in [-0.2, -0.15) is 0 Å². The molecule has 0 spiro atoms. The standard InChI is InChI=1S/C13H12O4/c1-16-11(14)13(12(15)17-2)8-10(13)9-6-4-3-5-7-9/h3-8H,1-2H3. The average Bonchev–Trinajstić information content (AvgIpc) is 3.14. The van der Waals surface area contributed by atoms with Gasteiger partial charge in [0.15, 0.2) is 0 Å². The second kappa shape index (κ2) is 4.05. The molecule has 0 atom stereocenters. The zero-order valence-electron chi connectivity index (χ0n) is 9.60. The van der Waals surface area contributed by atoms with E-state index in [1.54, 1.807) is 6.08 Å². The first-order chi connectivity index (χ1) is 8.16. The maximum Gasteiger partial charge on any atom is 0.331 e. The van der Waals surface area contributed by atoms with Crippen LogP contribution in [0.15, 0.2) is 36.4 Å². The SMILES string of the molecule is COC(=O)C1(C(=O)OC)C=C1c1ccccc1. The predicted molar refractivity (Wildman–Crippen MR) is 60.9 cm³/mol. The van der Waals surface area contributed by atoms with Gasteiger partial charge in [-0.05, 0) is 17.2 Å². The topological polar surface area (TPSA) is 52.6 Å². The minimum absolute atomic E-state index is 0.608. The van der Waals surface area contributed by atoms with Crippen molar-refractivity contribution in [2.75, 3.05) is 14.2 Å². The van der Waals surface area contributed by atoms with Crippen molar-refractivity contribution in [1.82, 2.24) is 0 Å². The molecule has 0 bridgehead atoms. The fraction of sp³-hybridized carbons (Fsp3) is 0.231. The number of methoxy groups -OCH3 is 2. The van der Waals surface area contributed by atoms with Crippen LogP contribution in [-0.4, -0.2) is 26.2 Å². The predicted octanol–water partition coefficient (Wildman–Crippen LogP) is 1.42. The van der Waals surface area contributed by atoms with E-state index in [1.165, 1.54) is 14.2 Å². The number of carbonyl (C=O) groups is 2. The van der Waals surface area contributed by atoms with Crippen LogP contribution in [0.5, 0.6) is 0 Å². The van der Waals surface area contributed by atoms with Gasteiger partial charge < -0.3 is 9.47 Å². The summed E-state index contributed by atoms with van der Waals surface area (Å²) in [4.78, 5) is 23.4. The van der Waals surface area contributed by atoms with Crippen molar-refractivity contribution < 1.29 is 19.1 Å². The highest BCUT2D eigenvalue weighted by molar-refractivity contribution is 6.22. The Morgan fingerprint density at radius 3 is 2.00 bits per heavy atom. The molecule has 0 saturated heterocycles. The molecule has 88 valence electrons. The largest absolute Gasteiger partial charge is 0.468 e. The van der Waals surface area contributed by atoms with Crippen molar-refractivity contribution in [3.05, 3.63) is 42.0 Å². The number of carbonyl (C=O) groups excluding carboxylic acids is 2. The van der Waals surface area contributed by atoms with E-state index in [0.29, 0.717) is 5.57 Å². The second-order valence-electron chi connectivity index (χ2n) is 3.72. The first-order valence-electron chi connectivity index (χ1n) is 5.12. The van der Waals surface area contributed by atoms with E-state index in [0.717, 1.165) is 5.56 Å². The molecule has 0 aromatic heterocycles. The van der Waals surface area contributed by atoms with Gasteiger partial charge in [-0.15, -0.1) is 0 Å². The van der Waals surface area contributed by atoms with Gasteiger partial charge in [-0.1, -0.05) is 30.3 Å². The third-order valence-electron chi connectivity index (χ3n) is 2.80. The number of ether oxygens (including phenoxy) is 2. The molecular formula is C13H12O4. The summed E-state index contributed by atoms with van der Waals surface area (Å²) < 4.78 is 9.32. The van der Waals surface area contributed by atoms with Crippen molar-refractivity contribution in [3.63, 3.8) is 0 Å². The third kappa shape index (κ3) is 1.62. The minimum atomic E-state index is -1.34. The average molecular weight is 232 g/mol. The Morgan fingerprint density at radius 2 is 1.53 bits per heavy atom. The highest BCUT2D eigenvalue weighted by Gasteiger charge is 2.60. The van der Waals surface area contributed by atoms with Crippen LogP contribution < -0.4 is 0 Å². The molecule has 1 aliphatic carbocycles. The van der Waals surface area contributed by atoms with Gasteiger partial charge >= 0.3 is 11.9 Å². The molecule has 1 aromatic carbocycles. The van der Waals surface area contributed by atoms with Crippen LogP contribution in [0.4, 0.5) is 0 Å². The summed E-state index contributed by atoms with van der Waals surface area (Å²) in [7, 11) is 2.50. The van der Waals surface area contributed by atoms with Crippen LogP contribution in [0.2, 0.25) is 0 Å². The fourth-order valence-electron chi connectivity index (χ4n) is 1.85. The van der Waals surface area contributed by atoms with E-state index in [2.05, 4.69) is 9.47 Å². The molecule has 4 nitrogen and oxygen atoms in total. The maximum atomic E-state index is 11.7. The fourth-order valence-corrected chi connectivity index (χ4v) is 1.85. The second-order valence-corrected chi connectivity index (χ2v) is 3.72. The molecule has 1 aromatic rings. The molecule has 0 N–H and O–H groups in total. The van der Waals surface area contributed by atoms with Crippen molar-refractivity contribution in [1.29, 1.82) is 0 Å². The molecule has 2 rings (SSSR count). The van der Waals surface area contributed by atoms with E-state index in [1.807, 2.05) is 30.3 Å². The van der Waals surface area contributed by atoms with E-state index in [-0.39, 0.29) is 0 Å². The molecular weight excluding hydrogens is 220 g/mol. The Labute approximate surface area is 98.8 Å². The summed E-state index contributed by atoms with van der Waals surface area (Å²) in [6, 6.07) is 9.21. The van der Waals surface area contributed by atoms with Gasteiger partial charge in [0, 0.05) is 0 Å². The number of benzene rings is 1. The van der Waals surface area contributed by atoms with E-state index < -0.39 is 17.4 Å². The quantitative estimate of drug-likeness (QED) is 0.584. The molecule has 4 heteroatoms. The lowest BCUT2D eigenvalue weighted by Gasteiger charge is -2.13. The first kappa shape index (κ1) is 11.4. The van der Waals surface area contributed by atoms with Gasteiger partial charge in [-0.3, -0.25) is 9.59 Å². The van der Waals surface area contributed by atoms with E-state index in [9.17, 15) is 9.59 Å². The Balaban J connectivity index is 2.32. The molecule has 17 heavy (non-hydrogen) atoms.